The smallest absolute Gasteiger partial charge is 0.410 e. The van der Waals surface area contributed by atoms with E-state index in [2.05, 4.69) is 25.8 Å². The normalized spacial score (nSPS) is 22.5. The van der Waals surface area contributed by atoms with Crippen LogP contribution in [0.2, 0.25) is 0 Å². The SMILES string of the molecule is CC(C)(C)OC(=O)N1CC[C@@H]2CN(c3cnc(Br)c(COS(C)(=O)=O)c3)C[C@@H]21. The summed E-state index contributed by atoms with van der Waals surface area (Å²) in [6, 6.07) is 1.98. The minimum atomic E-state index is -3.54. The number of halogens is 1. The second-order valence-electron chi connectivity index (χ2n) is 8.30. The van der Waals surface area contributed by atoms with Crippen LogP contribution in [0.25, 0.3) is 0 Å². The molecule has 2 aliphatic rings. The van der Waals surface area contributed by atoms with Crippen molar-refractivity contribution >= 4 is 37.8 Å². The zero-order valence-electron chi connectivity index (χ0n) is 16.5. The summed E-state index contributed by atoms with van der Waals surface area (Å²) in [5.41, 5.74) is 1.02. The number of aromatic nitrogens is 1. The molecule has 2 atom stereocenters. The summed E-state index contributed by atoms with van der Waals surface area (Å²) in [7, 11) is -3.54. The van der Waals surface area contributed by atoms with Crippen molar-refractivity contribution in [1.82, 2.24) is 9.88 Å². The van der Waals surface area contributed by atoms with E-state index in [0.717, 1.165) is 24.9 Å². The van der Waals surface area contributed by atoms with Gasteiger partial charge in [-0.25, -0.2) is 9.78 Å². The van der Waals surface area contributed by atoms with E-state index in [1.54, 1.807) is 6.20 Å². The van der Waals surface area contributed by atoms with Gasteiger partial charge in [0.05, 0.1) is 30.8 Å². The molecule has 2 saturated heterocycles. The molecular formula is C18H26BrN3O5S. The van der Waals surface area contributed by atoms with Gasteiger partial charge in [-0.05, 0) is 49.2 Å². The predicted octanol–water partition coefficient (Wildman–Crippen LogP) is 2.77. The lowest BCUT2D eigenvalue weighted by Crippen LogP contribution is -2.42. The number of carbonyl (C=O) groups is 1. The summed E-state index contributed by atoms with van der Waals surface area (Å²) in [5.74, 6) is 0.381. The Morgan fingerprint density at radius 2 is 2.07 bits per heavy atom. The minimum absolute atomic E-state index is 0.0784. The summed E-state index contributed by atoms with van der Waals surface area (Å²) >= 11 is 3.34. The molecule has 1 amide bonds. The molecule has 0 radical (unpaired) electrons. The zero-order valence-corrected chi connectivity index (χ0v) is 18.9. The van der Waals surface area contributed by atoms with Gasteiger partial charge < -0.3 is 14.5 Å². The molecule has 2 fully saturated rings. The number of fused-ring (bicyclic) bond motifs is 1. The van der Waals surface area contributed by atoms with E-state index < -0.39 is 15.7 Å². The highest BCUT2D eigenvalue weighted by Crippen LogP contribution is 2.35. The summed E-state index contributed by atoms with van der Waals surface area (Å²) in [6.45, 7) is 7.75. The van der Waals surface area contributed by atoms with Crippen molar-refractivity contribution in [3.8, 4) is 0 Å². The van der Waals surface area contributed by atoms with E-state index in [1.165, 1.54) is 0 Å². The lowest BCUT2D eigenvalue weighted by Gasteiger charge is -2.29. The summed E-state index contributed by atoms with van der Waals surface area (Å²) in [5, 5.41) is 0. The van der Waals surface area contributed by atoms with Crippen molar-refractivity contribution in [2.75, 3.05) is 30.8 Å². The van der Waals surface area contributed by atoms with Crippen LogP contribution in [0.4, 0.5) is 10.5 Å². The maximum atomic E-state index is 12.5. The monoisotopic (exact) mass is 475 g/mol. The predicted molar refractivity (Wildman–Crippen MR) is 109 cm³/mol. The van der Waals surface area contributed by atoms with Crippen molar-refractivity contribution in [2.24, 2.45) is 5.92 Å². The molecule has 0 aliphatic carbocycles. The van der Waals surface area contributed by atoms with Gasteiger partial charge in [0.25, 0.3) is 10.1 Å². The number of ether oxygens (including phenoxy) is 1. The second-order valence-corrected chi connectivity index (χ2v) is 10.7. The van der Waals surface area contributed by atoms with Crippen molar-refractivity contribution in [3.63, 3.8) is 0 Å². The number of pyridine rings is 1. The van der Waals surface area contributed by atoms with Gasteiger partial charge in [-0.15, -0.1) is 0 Å². The first kappa shape index (κ1) is 21.3. The summed E-state index contributed by atoms with van der Waals surface area (Å²) in [6.07, 6.45) is 3.44. The van der Waals surface area contributed by atoms with Gasteiger partial charge in [-0.1, -0.05) is 0 Å². The third-order valence-corrected chi connectivity index (χ3v) is 6.13. The third kappa shape index (κ3) is 5.15. The van der Waals surface area contributed by atoms with Crippen molar-refractivity contribution in [2.45, 2.75) is 45.4 Å². The van der Waals surface area contributed by atoms with E-state index in [4.69, 9.17) is 8.92 Å². The molecule has 1 aromatic rings. The number of likely N-dealkylation sites (tertiary alicyclic amines) is 1. The number of amides is 1. The van der Waals surface area contributed by atoms with E-state index in [-0.39, 0.29) is 18.7 Å². The Labute approximate surface area is 174 Å². The quantitative estimate of drug-likeness (QED) is 0.488. The Kier molecular flexibility index (Phi) is 5.94. The molecule has 3 heterocycles. The van der Waals surface area contributed by atoms with E-state index in [9.17, 15) is 13.2 Å². The molecular weight excluding hydrogens is 450 g/mol. The van der Waals surface area contributed by atoms with Crippen LogP contribution < -0.4 is 4.90 Å². The van der Waals surface area contributed by atoms with E-state index in [0.29, 0.717) is 29.2 Å². The molecule has 2 aliphatic heterocycles. The van der Waals surface area contributed by atoms with Crippen LogP contribution in [0.3, 0.4) is 0 Å². The Morgan fingerprint density at radius 3 is 2.71 bits per heavy atom. The Hall–Kier alpha value is -1.39. The third-order valence-electron chi connectivity index (χ3n) is 4.87. The first-order valence-electron chi connectivity index (χ1n) is 9.16. The van der Waals surface area contributed by atoms with Crippen molar-refractivity contribution in [3.05, 3.63) is 22.4 Å². The first-order chi connectivity index (χ1) is 12.9. The van der Waals surface area contributed by atoms with Crippen LogP contribution in [0.1, 0.15) is 32.8 Å². The molecule has 0 bridgehead atoms. The molecule has 1 aromatic heterocycles. The highest BCUT2D eigenvalue weighted by atomic mass is 79.9. The Balaban J connectivity index is 1.71. The molecule has 0 unspecified atom stereocenters. The molecule has 3 rings (SSSR count). The standard InChI is InChI=1S/C18H26BrN3O5S/c1-18(2,3)27-17(23)22-6-5-12-9-21(10-15(12)22)14-7-13(16(19)20-8-14)11-26-28(4,24)25/h7-8,12,15H,5-6,9-11H2,1-4H3/t12-,15+/m1/s1. The number of nitrogens with zero attached hydrogens (tertiary/aromatic N) is 3. The highest BCUT2D eigenvalue weighted by molar-refractivity contribution is 9.10. The first-order valence-corrected chi connectivity index (χ1v) is 11.8. The topological polar surface area (TPSA) is 89.0 Å². The summed E-state index contributed by atoms with van der Waals surface area (Å²) < 4.78 is 33.5. The van der Waals surface area contributed by atoms with Crippen LogP contribution in [0.5, 0.6) is 0 Å². The average Bonchev–Trinajstić information content (AvgIpc) is 3.11. The Bertz CT molecular complexity index is 855. The molecule has 0 N–H and O–H groups in total. The van der Waals surface area contributed by atoms with Crippen LogP contribution >= 0.6 is 15.9 Å². The molecule has 10 heteroatoms. The average molecular weight is 476 g/mol. The van der Waals surface area contributed by atoms with Gasteiger partial charge >= 0.3 is 6.09 Å². The van der Waals surface area contributed by atoms with Gasteiger partial charge in [0.15, 0.2) is 0 Å². The second kappa shape index (κ2) is 7.79. The molecule has 0 aromatic carbocycles. The molecule has 0 saturated carbocycles. The van der Waals surface area contributed by atoms with Gasteiger partial charge in [0.1, 0.15) is 10.2 Å². The lowest BCUT2D eigenvalue weighted by molar-refractivity contribution is 0.0229. The van der Waals surface area contributed by atoms with Gasteiger partial charge in [-0.3, -0.25) is 4.18 Å². The number of hydrogen-bond acceptors (Lipinski definition) is 7. The lowest BCUT2D eigenvalue weighted by atomic mass is 10.1. The fourth-order valence-corrected chi connectivity index (χ4v) is 4.32. The van der Waals surface area contributed by atoms with Crippen LogP contribution in [-0.4, -0.2) is 61.9 Å². The molecule has 28 heavy (non-hydrogen) atoms. The Morgan fingerprint density at radius 1 is 1.36 bits per heavy atom. The number of rotatable bonds is 4. The van der Waals surface area contributed by atoms with Crippen LogP contribution in [0, 0.1) is 5.92 Å². The van der Waals surface area contributed by atoms with Crippen molar-refractivity contribution in [1.29, 1.82) is 0 Å². The number of hydrogen-bond donors (Lipinski definition) is 0. The van der Waals surface area contributed by atoms with E-state index in [1.807, 2.05) is 31.7 Å². The zero-order chi connectivity index (χ0) is 20.7. The fourth-order valence-electron chi connectivity index (χ4n) is 3.65. The highest BCUT2D eigenvalue weighted by Gasteiger charge is 2.44. The van der Waals surface area contributed by atoms with Crippen LogP contribution in [0.15, 0.2) is 16.9 Å². The summed E-state index contributed by atoms with van der Waals surface area (Å²) in [4.78, 5) is 20.8. The van der Waals surface area contributed by atoms with Gasteiger partial charge in [0.2, 0.25) is 0 Å². The van der Waals surface area contributed by atoms with Gasteiger partial charge in [0, 0.05) is 31.1 Å². The fraction of sp³-hybridized carbons (Fsp3) is 0.667. The largest absolute Gasteiger partial charge is 0.444 e. The maximum Gasteiger partial charge on any atom is 0.410 e. The van der Waals surface area contributed by atoms with Gasteiger partial charge in [-0.2, -0.15) is 8.42 Å². The van der Waals surface area contributed by atoms with Crippen molar-refractivity contribution < 1.29 is 22.1 Å². The molecule has 156 valence electrons. The minimum Gasteiger partial charge on any atom is -0.444 e. The number of carbonyl (C=O) groups excluding carboxylic acids is 1. The maximum absolute atomic E-state index is 12.5. The molecule has 0 spiro atoms. The van der Waals surface area contributed by atoms with E-state index >= 15 is 0 Å². The molecule has 8 nitrogen and oxygen atoms in total. The number of anilines is 1. The van der Waals surface area contributed by atoms with Crippen LogP contribution in [-0.2, 0) is 25.6 Å².